The summed E-state index contributed by atoms with van der Waals surface area (Å²) in [5.41, 5.74) is 0. The van der Waals surface area contributed by atoms with Crippen molar-refractivity contribution in [3.63, 3.8) is 0 Å². The lowest BCUT2D eigenvalue weighted by Gasteiger charge is -2.12. The molecule has 23 heavy (non-hydrogen) atoms. The quantitative estimate of drug-likeness (QED) is 0.413. The van der Waals surface area contributed by atoms with Gasteiger partial charge in [-0.25, -0.2) is 0 Å². The van der Waals surface area contributed by atoms with E-state index in [9.17, 15) is 0 Å². The molecule has 0 radical (unpaired) electrons. The van der Waals surface area contributed by atoms with E-state index in [2.05, 4.69) is 74.1 Å². The number of unbranched alkanes of at least 4 members (excludes halogenated alkanes) is 5. The molecule has 0 aromatic carbocycles. The number of hydrogen-bond donors (Lipinski definition) is 0. The van der Waals surface area contributed by atoms with E-state index < -0.39 is 0 Å². The van der Waals surface area contributed by atoms with Crippen molar-refractivity contribution in [2.75, 3.05) is 0 Å². The molecule has 0 aromatic rings. The average molecular weight is 304 g/mol. The lowest BCUT2D eigenvalue weighted by molar-refractivity contribution is 0.441. The fourth-order valence-electron chi connectivity index (χ4n) is 2.32. The van der Waals surface area contributed by atoms with Gasteiger partial charge >= 0.3 is 0 Å². The van der Waals surface area contributed by atoms with Crippen molar-refractivity contribution in [1.29, 1.82) is 0 Å². The topological polar surface area (TPSA) is 0 Å². The van der Waals surface area contributed by atoms with Crippen LogP contribution in [0, 0.1) is 71.5 Å². The number of terminal acetylenes is 1. The van der Waals surface area contributed by atoms with Gasteiger partial charge in [-0.1, -0.05) is 65.2 Å². The maximum Gasteiger partial charge on any atom is 0.0215 e. The highest BCUT2D eigenvalue weighted by Gasteiger charge is 2.07. The van der Waals surface area contributed by atoms with Crippen LogP contribution in [0.2, 0.25) is 0 Å². The van der Waals surface area contributed by atoms with Gasteiger partial charge in [0.25, 0.3) is 0 Å². The largest absolute Gasteiger partial charge is 0.106 e. The molecule has 0 saturated heterocycles. The van der Waals surface area contributed by atoms with Crippen molar-refractivity contribution in [2.45, 2.75) is 72.1 Å². The molecule has 0 saturated carbocycles. The summed E-state index contributed by atoms with van der Waals surface area (Å²) in [5, 5.41) is 0. The first-order valence-electron chi connectivity index (χ1n) is 8.66. The summed E-state index contributed by atoms with van der Waals surface area (Å²) in [6, 6.07) is 0. The lowest BCUT2D eigenvalue weighted by atomic mass is 9.92. The van der Waals surface area contributed by atoms with E-state index in [0.29, 0.717) is 11.8 Å². The van der Waals surface area contributed by atoms with Crippen LogP contribution in [0.5, 0.6) is 0 Å². The van der Waals surface area contributed by atoms with Crippen LogP contribution >= 0.6 is 0 Å². The first-order chi connectivity index (χ1) is 11.2. The third-order valence-electron chi connectivity index (χ3n) is 3.39. The van der Waals surface area contributed by atoms with Gasteiger partial charge in [-0.15, -0.1) is 6.42 Å². The van der Waals surface area contributed by atoms with E-state index >= 15 is 0 Å². The molecule has 0 nitrogen and oxygen atoms in total. The second-order valence-corrected chi connectivity index (χ2v) is 6.05. The van der Waals surface area contributed by atoms with Crippen molar-refractivity contribution in [3.8, 4) is 59.7 Å². The Morgan fingerprint density at radius 1 is 0.739 bits per heavy atom. The Morgan fingerprint density at radius 3 is 1.91 bits per heavy atom. The van der Waals surface area contributed by atoms with Crippen LogP contribution in [-0.4, -0.2) is 0 Å². The Labute approximate surface area is 144 Å². The average Bonchev–Trinajstić information content (AvgIpc) is 2.52. The van der Waals surface area contributed by atoms with Gasteiger partial charge in [0.1, 0.15) is 0 Å². The van der Waals surface area contributed by atoms with Crippen molar-refractivity contribution in [3.05, 3.63) is 0 Å². The second kappa shape index (κ2) is 16.2. The first-order valence-corrected chi connectivity index (χ1v) is 8.66. The third kappa shape index (κ3) is 16.0. The molecule has 0 N–H and O–H groups in total. The molecule has 0 aliphatic carbocycles. The molecule has 0 aromatic heterocycles. The normalized spacial score (nSPS) is 9.70. The second-order valence-electron chi connectivity index (χ2n) is 6.05. The van der Waals surface area contributed by atoms with Crippen LogP contribution in [0.4, 0.5) is 0 Å². The predicted molar refractivity (Wildman–Crippen MR) is 101 cm³/mol. The summed E-state index contributed by atoms with van der Waals surface area (Å²) in [7, 11) is 0. The van der Waals surface area contributed by atoms with Crippen molar-refractivity contribution in [1.82, 2.24) is 0 Å². The van der Waals surface area contributed by atoms with E-state index in [-0.39, 0.29) is 0 Å². The van der Waals surface area contributed by atoms with Gasteiger partial charge in [-0.3, -0.25) is 0 Å². The summed E-state index contributed by atoms with van der Waals surface area (Å²) < 4.78 is 0. The Hall–Kier alpha value is -2.20. The molecule has 0 spiro atoms. The van der Waals surface area contributed by atoms with Crippen LogP contribution < -0.4 is 0 Å². The highest BCUT2D eigenvalue weighted by molar-refractivity contribution is 5.42. The minimum atomic E-state index is 0.449. The van der Waals surface area contributed by atoms with Crippen LogP contribution in [-0.2, 0) is 0 Å². The van der Waals surface area contributed by atoms with Crippen molar-refractivity contribution in [2.24, 2.45) is 11.8 Å². The Bertz CT molecular complexity index is 582. The highest BCUT2D eigenvalue weighted by atomic mass is 14.1. The van der Waals surface area contributed by atoms with Crippen LogP contribution in [0.3, 0.4) is 0 Å². The van der Waals surface area contributed by atoms with Gasteiger partial charge in [-0.2, -0.15) is 0 Å². The first kappa shape index (κ1) is 20.8. The molecule has 0 rings (SSSR count). The summed E-state index contributed by atoms with van der Waals surface area (Å²) >= 11 is 0. The molecule has 0 fully saturated rings. The molecule has 0 heteroatoms. The molecule has 0 heterocycles. The zero-order valence-corrected chi connectivity index (χ0v) is 14.9. The summed E-state index contributed by atoms with van der Waals surface area (Å²) in [6.45, 7) is 6.75. The molecule has 1 unspecified atom stereocenters. The van der Waals surface area contributed by atoms with Crippen LogP contribution in [0.1, 0.15) is 72.1 Å². The van der Waals surface area contributed by atoms with E-state index in [1.54, 1.807) is 0 Å². The zero-order valence-electron chi connectivity index (χ0n) is 14.9. The number of hydrogen-bond acceptors (Lipinski definition) is 0. The van der Waals surface area contributed by atoms with Crippen LogP contribution in [0.25, 0.3) is 0 Å². The molecule has 1 atom stereocenters. The van der Waals surface area contributed by atoms with E-state index in [0.717, 1.165) is 6.42 Å². The maximum atomic E-state index is 4.99. The van der Waals surface area contributed by atoms with Gasteiger partial charge in [0.15, 0.2) is 0 Å². The van der Waals surface area contributed by atoms with E-state index in [1.807, 2.05) is 0 Å². The molecule has 0 amide bonds. The summed E-state index contributed by atoms with van der Waals surface area (Å²) in [6.07, 6.45) is 15.3. The molecule has 0 aliphatic heterocycles. The molecule has 0 bridgehead atoms. The minimum Gasteiger partial charge on any atom is -0.106 e. The highest BCUT2D eigenvalue weighted by Crippen LogP contribution is 2.18. The van der Waals surface area contributed by atoms with Crippen LogP contribution in [0.15, 0.2) is 0 Å². The summed E-state index contributed by atoms with van der Waals surface area (Å²) in [4.78, 5) is 0. The third-order valence-corrected chi connectivity index (χ3v) is 3.39. The Balaban J connectivity index is 4.29. The lowest BCUT2D eigenvalue weighted by Crippen LogP contribution is -2.02. The smallest absolute Gasteiger partial charge is 0.0215 e. The van der Waals surface area contributed by atoms with Gasteiger partial charge in [0.2, 0.25) is 0 Å². The number of rotatable bonds is 9. The van der Waals surface area contributed by atoms with Gasteiger partial charge in [0, 0.05) is 5.92 Å². The van der Waals surface area contributed by atoms with Gasteiger partial charge in [0.05, 0.1) is 0 Å². The Morgan fingerprint density at radius 2 is 1.30 bits per heavy atom. The van der Waals surface area contributed by atoms with Gasteiger partial charge < -0.3 is 0 Å². The zero-order chi connectivity index (χ0) is 17.2. The van der Waals surface area contributed by atoms with Gasteiger partial charge in [-0.05, 0) is 66.1 Å². The fourth-order valence-corrected chi connectivity index (χ4v) is 2.32. The summed E-state index contributed by atoms with van der Waals surface area (Å²) in [5.74, 6) is 25.1. The van der Waals surface area contributed by atoms with E-state index in [4.69, 9.17) is 6.42 Å². The minimum absolute atomic E-state index is 0.449. The SMILES string of the molecule is C#CC#CC#CC#CC#CC(CCCCCCCC)CC(C)C. The fraction of sp³-hybridized carbons (Fsp3) is 0.565. The monoisotopic (exact) mass is 304 g/mol. The van der Waals surface area contributed by atoms with Crippen molar-refractivity contribution < 1.29 is 0 Å². The molecular weight excluding hydrogens is 276 g/mol. The molecule has 0 aliphatic rings. The maximum absolute atomic E-state index is 4.99. The Kier molecular flexibility index (Phi) is 14.6. The molecular formula is C23H28. The van der Waals surface area contributed by atoms with E-state index in [1.165, 1.54) is 44.9 Å². The van der Waals surface area contributed by atoms with Crippen molar-refractivity contribution >= 4 is 0 Å². The predicted octanol–water partition coefficient (Wildman–Crippen LogP) is 5.05. The standard InChI is InChI=1S/C23H28/c1-5-7-9-11-13-14-16-18-20-23(21-22(3)4)19-17-15-12-10-8-6-2/h1,22-23H,6,8,10,12,15,17,19,21H2,2-4H3. The molecule has 120 valence electrons.